The van der Waals surface area contributed by atoms with Crippen LogP contribution in [0.4, 0.5) is 5.69 Å². The minimum absolute atomic E-state index is 0.257. The van der Waals surface area contributed by atoms with Crippen molar-refractivity contribution in [3.05, 3.63) is 41.7 Å². The summed E-state index contributed by atoms with van der Waals surface area (Å²) in [5, 5.41) is 4.20. The second-order valence-electron chi connectivity index (χ2n) is 4.65. The number of hydrogen-bond donors (Lipinski definition) is 2. The number of sulfonamides is 1. The minimum atomic E-state index is -3.51. The summed E-state index contributed by atoms with van der Waals surface area (Å²) in [7, 11) is -1.69. The Morgan fingerprint density at radius 2 is 2.10 bits per heavy atom. The van der Waals surface area contributed by atoms with E-state index in [1.165, 1.54) is 6.07 Å². The maximum atomic E-state index is 12.2. The number of aromatic nitrogens is 2. The van der Waals surface area contributed by atoms with Crippen LogP contribution in [-0.4, -0.2) is 24.7 Å². The Labute approximate surface area is 118 Å². The fourth-order valence-corrected chi connectivity index (χ4v) is 3.22. The number of nitrogen functional groups attached to an aromatic ring is 1. The first-order valence-corrected chi connectivity index (χ1v) is 7.71. The van der Waals surface area contributed by atoms with E-state index in [0.717, 1.165) is 5.69 Å². The van der Waals surface area contributed by atoms with Crippen LogP contribution < -0.4 is 10.5 Å². The molecule has 0 aliphatic rings. The van der Waals surface area contributed by atoms with Crippen molar-refractivity contribution in [2.24, 2.45) is 7.05 Å². The first-order valence-electron chi connectivity index (χ1n) is 6.23. The second-order valence-corrected chi connectivity index (χ2v) is 6.39. The third kappa shape index (κ3) is 3.37. The summed E-state index contributed by atoms with van der Waals surface area (Å²) < 4.78 is 28.6. The quantitative estimate of drug-likeness (QED) is 0.799. The third-order valence-corrected chi connectivity index (χ3v) is 4.55. The summed E-state index contributed by atoms with van der Waals surface area (Å²) in [5.74, 6) is 0. The monoisotopic (exact) mass is 294 g/mol. The maximum absolute atomic E-state index is 12.2. The van der Waals surface area contributed by atoms with Gasteiger partial charge in [-0.3, -0.25) is 4.68 Å². The molecule has 7 heteroatoms. The highest BCUT2D eigenvalue weighted by molar-refractivity contribution is 7.89. The largest absolute Gasteiger partial charge is 0.399 e. The van der Waals surface area contributed by atoms with Gasteiger partial charge in [-0.15, -0.1) is 0 Å². The number of nitrogens with one attached hydrogen (secondary N) is 1. The Kier molecular flexibility index (Phi) is 4.10. The van der Waals surface area contributed by atoms with Crippen LogP contribution in [0, 0.1) is 6.92 Å². The molecule has 2 rings (SSSR count). The van der Waals surface area contributed by atoms with Crippen molar-refractivity contribution in [2.45, 2.75) is 18.2 Å². The zero-order chi connectivity index (χ0) is 14.8. The van der Waals surface area contributed by atoms with Crippen molar-refractivity contribution in [1.29, 1.82) is 0 Å². The number of nitrogens with two attached hydrogens (primary N) is 1. The van der Waals surface area contributed by atoms with Crippen LogP contribution >= 0.6 is 0 Å². The van der Waals surface area contributed by atoms with E-state index in [2.05, 4.69) is 9.82 Å². The molecule has 0 radical (unpaired) electrons. The standard InChI is InChI=1S/C13H18N4O2S/c1-10-9-11(14)3-4-13(10)20(18,19)15-7-5-12-6-8-17(2)16-12/h3-4,6,8-9,15H,5,7,14H2,1-2H3. The lowest BCUT2D eigenvalue weighted by Crippen LogP contribution is -2.26. The molecule has 0 amide bonds. The van der Waals surface area contributed by atoms with Crippen LogP contribution in [0.3, 0.4) is 0 Å². The Balaban J connectivity index is 2.04. The van der Waals surface area contributed by atoms with Gasteiger partial charge in [0.15, 0.2) is 0 Å². The van der Waals surface area contributed by atoms with Gasteiger partial charge in [0.25, 0.3) is 0 Å². The molecule has 1 aromatic carbocycles. The Morgan fingerprint density at radius 1 is 1.35 bits per heavy atom. The Morgan fingerprint density at radius 3 is 2.70 bits per heavy atom. The average molecular weight is 294 g/mol. The van der Waals surface area contributed by atoms with Gasteiger partial charge in [-0.05, 0) is 36.8 Å². The van der Waals surface area contributed by atoms with Crippen molar-refractivity contribution in [1.82, 2.24) is 14.5 Å². The van der Waals surface area contributed by atoms with Gasteiger partial charge >= 0.3 is 0 Å². The molecule has 20 heavy (non-hydrogen) atoms. The molecule has 0 aliphatic heterocycles. The molecule has 0 saturated heterocycles. The van der Waals surface area contributed by atoms with Gasteiger partial charge in [-0.1, -0.05) is 0 Å². The topological polar surface area (TPSA) is 90.0 Å². The molecule has 0 bridgehead atoms. The van der Waals surface area contributed by atoms with Crippen LogP contribution in [0.15, 0.2) is 35.4 Å². The first kappa shape index (κ1) is 14.5. The predicted molar refractivity (Wildman–Crippen MR) is 77.7 cm³/mol. The molecule has 108 valence electrons. The average Bonchev–Trinajstić information content (AvgIpc) is 2.74. The highest BCUT2D eigenvalue weighted by atomic mass is 32.2. The van der Waals surface area contributed by atoms with Crippen molar-refractivity contribution in [3.63, 3.8) is 0 Å². The Bertz CT molecular complexity index is 707. The molecule has 1 aromatic heterocycles. The lowest BCUT2D eigenvalue weighted by atomic mass is 10.2. The van der Waals surface area contributed by atoms with Crippen LogP contribution in [0.1, 0.15) is 11.3 Å². The normalized spacial score (nSPS) is 11.7. The number of nitrogens with zero attached hydrogens (tertiary/aromatic N) is 2. The molecule has 6 nitrogen and oxygen atoms in total. The SMILES string of the molecule is Cc1cc(N)ccc1S(=O)(=O)NCCc1ccn(C)n1. The van der Waals surface area contributed by atoms with Crippen LogP contribution in [-0.2, 0) is 23.5 Å². The molecule has 0 aliphatic carbocycles. The number of rotatable bonds is 5. The first-order chi connectivity index (χ1) is 9.38. The van der Waals surface area contributed by atoms with E-state index in [9.17, 15) is 8.42 Å². The summed E-state index contributed by atoms with van der Waals surface area (Å²) in [6, 6.07) is 6.62. The lowest BCUT2D eigenvalue weighted by Gasteiger charge is -2.09. The van der Waals surface area contributed by atoms with Crippen LogP contribution in [0.5, 0.6) is 0 Å². The van der Waals surface area contributed by atoms with E-state index in [1.54, 1.807) is 23.7 Å². The number of aryl methyl sites for hydroxylation is 2. The van der Waals surface area contributed by atoms with Gasteiger partial charge in [0, 0.05) is 31.9 Å². The van der Waals surface area contributed by atoms with Gasteiger partial charge in [0.2, 0.25) is 10.0 Å². The molecule has 0 saturated carbocycles. The van der Waals surface area contributed by atoms with Crippen LogP contribution in [0.25, 0.3) is 0 Å². The predicted octanol–water partition coefficient (Wildman–Crippen LogP) is 0.832. The van der Waals surface area contributed by atoms with E-state index in [4.69, 9.17) is 5.73 Å². The summed E-state index contributed by atoms with van der Waals surface area (Å²) >= 11 is 0. The van der Waals surface area contributed by atoms with Crippen molar-refractivity contribution >= 4 is 15.7 Å². The highest BCUT2D eigenvalue weighted by Gasteiger charge is 2.16. The zero-order valence-electron chi connectivity index (χ0n) is 11.5. The summed E-state index contributed by atoms with van der Waals surface area (Å²) in [5.41, 5.74) is 7.66. The molecule has 2 aromatic rings. The smallest absolute Gasteiger partial charge is 0.240 e. The molecule has 0 fully saturated rings. The fourth-order valence-electron chi connectivity index (χ4n) is 1.96. The molecule has 0 atom stereocenters. The van der Waals surface area contributed by atoms with Crippen molar-refractivity contribution in [3.8, 4) is 0 Å². The zero-order valence-corrected chi connectivity index (χ0v) is 12.3. The van der Waals surface area contributed by atoms with Crippen LogP contribution in [0.2, 0.25) is 0 Å². The number of hydrogen-bond acceptors (Lipinski definition) is 4. The molecule has 0 spiro atoms. The molecule has 3 N–H and O–H groups in total. The van der Waals surface area contributed by atoms with E-state index >= 15 is 0 Å². The molecule has 1 heterocycles. The fraction of sp³-hybridized carbons (Fsp3) is 0.308. The van der Waals surface area contributed by atoms with Gasteiger partial charge in [-0.2, -0.15) is 5.10 Å². The number of anilines is 1. The van der Waals surface area contributed by atoms with E-state index < -0.39 is 10.0 Å². The second kappa shape index (κ2) is 5.64. The van der Waals surface area contributed by atoms with Gasteiger partial charge in [0.05, 0.1) is 10.6 Å². The summed E-state index contributed by atoms with van der Waals surface area (Å²) in [4.78, 5) is 0.257. The van der Waals surface area contributed by atoms with Gasteiger partial charge in [-0.25, -0.2) is 13.1 Å². The maximum Gasteiger partial charge on any atom is 0.240 e. The van der Waals surface area contributed by atoms with Gasteiger partial charge < -0.3 is 5.73 Å². The third-order valence-electron chi connectivity index (χ3n) is 2.93. The van der Waals surface area contributed by atoms with Gasteiger partial charge in [0.1, 0.15) is 0 Å². The summed E-state index contributed by atoms with van der Waals surface area (Å²) in [6.45, 7) is 2.03. The van der Waals surface area contributed by atoms with E-state index in [0.29, 0.717) is 24.2 Å². The van der Waals surface area contributed by atoms with Crippen molar-refractivity contribution in [2.75, 3.05) is 12.3 Å². The van der Waals surface area contributed by atoms with Crippen molar-refractivity contribution < 1.29 is 8.42 Å². The lowest BCUT2D eigenvalue weighted by molar-refractivity contribution is 0.580. The van der Waals surface area contributed by atoms with E-state index in [-0.39, 0.29) is 4.90 Å². The molecular formula is C13H18N4O2S. The molecule has 0 unspecified atom stereocenters. The number of benzene rings is 1. The van der Waals surface area contributed by atoms with E-state index in [1.807, 2.05) is 19.3 Å². The minimum Gasteiger partial charge on any atom is -0.399 e. The molecular weight excluding hydrogens is 276 g/mol. The highest BCUT2D eigenvalue weighted by Crippen LogP contribution is 2.17. The Hall–Kier alpha value is -1.86. The summed E-state index contributed by atoms with van der Waals surface area (Å²) in [6.07, 6.45) is 2.38.